The average Bonchev–Trinajstić information content (AvgIpc) is 2.28. The summed E-state index contributed by atoms with van der Waals surface area (Å²) in [5, 5.41) is 9.35. The van der Waals surface area contributed by atoms with Crippen LogP contribution in [0.15, 0.2) is 0 Å². The summed E-state index contributed by atoms with van der Waals surface area (Å²) in [4.78, 5) is 0. The molecule has 0 aromatic carbocycles. The van der Waals surface area contributed by atoms with Gasteiger partial charge in [0.05, 0.1) is 6.10 Å². The number of nitrogens with zero attached hydrogens (tertiary/aromatic N) is 1. The quantitative estimate of drug-likeness (QED) is 0.622. The number of aliphatic hydroxyl groups excluding tert-OH is 1. The minimum absolute atomic E-state index is 0.293. The Labute approximate surface area is 105 Å². The Morgan fingerprint density at radius 2 is 1.71 bits per heavy atom. The highest BCUT2D eigenvalue weighted by atomic mass is 32.2. The molecule has 0 aliphatic heterocycles. The van der Waals surface area contributed by atoms with Gasteiger partial charge in [-0.05, 0) is 25.7 Å². The topological polar surface area (TPSA) is 69.6 Å². The Bertz CT molecular complexity index is 274. The molecule has 0 saturated carbocycles. The molecule has 0 aliphatic carbocycles. The highest BCUT2D eigenvalue weighted by molar-refractivity contribution is 7.87. The molecule has 0 saturated heterocycles. The Hall–Kier alpha value is -0.170. The van der Waals surface area contributed by atoms with Crippen molar-refractivity contribution in [2.45, 2.75) is 52.6 Å². The maximum Gasteiger partial charge on any atom is 0.279 e. The zero-order valence-corrected chi connectivity index (χ0v) is 12.0. The Kier molecular flexibility index (Phi) is 8.77. The van der Waals surface area contributed by atoms with Crippen LogP contribution in [-0.4, -0.2) is 43.6 Å². The average molecular weight is 266 g/mol. The maximum absolute atomic E-state index is 11.9. The van der Waals surface area contributed by atoms with Gasteiger partial charge in [-0.2, -0.15) is 12.7 Å². The van der Waals surface area contributed by atoms with Crippen molar-refractivity contribution in [2.24, 2.45) is 0 Å². The molecular weight excluding hydrogens is 240 g/mol. The molecule has 0 spiro atoms. The molecule has 0 aromatic heterocycles. The lowest BCUT2D eigenvalue weighted by Crippen LogP contribution is -2.42. The van der Waals surface area contributed by atoms with E-state index in [0.717, 1.165) is 12.8 Å². The SMILES string of the molecule is CCCN(CCC)S(=O)(=O)NCCC(O)CC. The van der Waals surface area contributed by atoms with Crippen LogP contribution in [0.4, 0.5) is 0 Å². The second-order valence-corrected chi connectivity index (χ2v) is 5.90. The number of rotatable bonds is 10. The molecule has 0 bridgehead atoms. The van der Waals surface area contributed by atoms with Gasteiger partial charge < -0.3 is 5.11 Å². The van der Waals surface area contributed by atoms with Crippen LogP contribution in [0.25, 0.3) is 0 Å². The van der Waals surface area contributed by atoms with Gasteiger partial charge in [0.15, 0.2) is 0 Å². The van der Waals surface area contributed by atoms with E-state index in [4.69, 9.17) is 0 Å². The van der Waals surface area contributed by atoms with E-state index in [0.29, 0.717) is 32.5 Å². The van der Waals surface area contributed by atoms with Gasteiger partial charge >= 0.3 is 0 Å². The Morgan fingerprint density at radius 3 is 2.12 bits per heavy atom. The Morgan fingerprint density at radius 1 is 1.18 bits per heavy atom. The monoisotopic (exact) mass is 266 g/mol. The first kappa shape index (κ1) is 16.8. The zero-order valence-electron chi connectivity index (χ0n) is 11.1. The van der Waals surface area contributed by atoms with Gasteiger partial charge in [0.2, 0.25) is 0 Å². The molecule has 2 N–H and O–H groups in total. The van der Waals surface area contributed by atoms with E-state index in [2.05, 4.69) is 4.72 Å². The molecule has 0 amide bonds. The van der Waals surface area contributed by atoms with E-state index < -0.39 is 16.3 Å². The van der Waals surface area contributed by atoms with Crippen LogP contribution >= 0.6 is 0 Å². The van der Waals surface area contributed by atoms with E-state index in [1.54, 1.807) is 0 Å². The largest absolute Gasteiger partial charge is 0.393 e. The van der Waals surface area contributed by atoms with E-state index in [1.807, 2.05) is 20.8 Å². The highest BCUT2D eigenvalue weighted by Crippen LogP contribution is 2.02. The van der Waals surface area contributed by atoms with Crippen LogP contribution in [-0.2, 0) is 10.2 Å². The number of aliphatic hydroxyl groups is 1. The first-order valence-corrected chi connectivity index (χ1v) is 7.84. The van der Waals surface area contributed by atoms with Crippen LogP contribution in [0.1, 0.15) is 46.5 Å². The third-order valence-electron chi connectivity index (χ3n) is 2.52. The van der Waals surface area contributed by atoms with Crippen molar-refractivity contribution in [3.05, 3.63) is 0 Å². The van der Waals surface area contributed by atoms with Gasteiger partial charge in [-0.25, -0.2) is 4.72 Å². The summed E-state index contributed by atoms with van der Waals surface area (Å²) in [6.07, 6.45) is 2.29. The molecule has 0 fully saturated rings. The molecule has 0 aromatic rings. The van der Waals surface area contributed by atoms with Crippen LogP contribution in [0.3, 0.4) is 0 Å². The van der Waals surface area contributed by atoms with Crippen molar-refractivity contribution in [1.29, 1.82) is 0 Å². The summed E-state index contributed by atoms with van der Waals surface area (Å²) < 4.78 is 27.8. The molecule has 1 unspecified atom stereocenters. The maximum atomic E-state index is 11.9. The first-order valence-electron chi connectivity index (χ1n) is 6.40. The van der Waals surface area contributed by atoms with E-state index in [-0.39, 0.29) is 0 Å². The minimum atomic E-state index is -3.38. The van der Waals surface area contributed by atoms with Crippen LogP contribution in [0, 0.1) is 0 Å². The number of hydrogen-bond donors (Lipinski definition) is 2. The predicted molar refractivity (Wildman–Crippen MR) is 70.0 cm³/mol. The van der Waals surface area contributed by atoms with Gasteiger partial charge in [-0.15, -0.1) is 0 Å². The Balaban J connectivity index is 4.22. The molecule has 5 nitrogen and oxygen atoms in total. The summed E-state index contributed by atoms with van der Waals surface area (Å²) in [5.74, 6) is 0. The summed E-state index contributed by atoms with van der Waals surface area (Å²) in [6.45, 7) is 7.16. The molecule has 0 rings (SSSR count). The molecule has 0 aliphatic rings. The van der Waals surface area contributed by atoms with Crippen molar-refractivity contribution in [3.8, 4) is 0 Å². The molecule has 104 valence electrons. The van der Waals surface area contributed by atoms with Crippen molar-refractivity contribution in [3.63, 3.8) is 0 Å². The van der Waals surface area contributed by atoms with Crippen molar-refractivity contribution in [2.75, 3.05) is 19.6 Å². The second-order valence-electron chi connectivity index (χ2n) is 4.15. The van der Waals surface area contributed by atoms with Crippen LogP contribution in [0.2, 0.25) is 0 Å². The van der Waals surface area contributed by atoms with E-state index in [9.17, 15) is 13.5 Å². The molecule has 0 heterocycles. The summed E-state index contributed by atoms with van der Waals surface area (Å²) >= 11 is 0. The first-order chi connectivity index (χ1) is 7.97. The molecule has 1 atom stereocenters. The number of nitrogens with one attached hydrogen (secondary N) is 1. The van der Waals surface area contributed by atoms with Gasteiger partial charge in [0, 0.05) is 19.6 Å². The standard InChI is InChI=1S/C11H26N2O3S/c1-4-9-13(10-5-2)17(15,16)12-8-7-11(14)6-3/h11-12,14H,4-10H2,1-3H3. The van der Waals surface area contributed by atoms with Crippen LogP contribution in [0.5, 0.6) is 0 Å². The lowest BCUT2D eigenvalue weighted by atomic mass is 10.2. The summed E-state index contributed by atoms with van der Waals surface area (Å²) in [5.41, 5.74) is 0. The smallest absolute Gasteiger partial charge is 0.279 e. The van der Waals surface area contributed by atoms with E-state index in [1.165, 1.54) is 4.31 Å². The van der Waals surface area contributed by atoms with Crippen molar-refractivity contribution in [1.82, 2.24) is 9.03 Å². The lowest BCUT2D eigenvalue weighted by Gasteiger charge is -2.21. The third-order valence-corrected chi connectivity index (χ3v) is 4.13. The molecular formula is C11H26N2O3S. The van der Waals surface area contributed by atoms with Gasteiger partial charge in [-0.3, -0.25) is 0 Å². The number of hydrogen-bond acceptors (Lipinski definition) is 3. The summed E-state index contributed by atoms with van der Waals surface area (Å²) in [7, 11) is -3.38. The fraction of sp³-hybridized carbons (Fsp3) is 1.00. The minimum Gasteiger partial charge on any atom is -0.393 e. The summed E-state index contributed by atoms with van der Waals surface area (Å²) in [6, 6.07) is 0. The third kappa shape index (κ3) is 6.98. The van der Waals surface area contributed by atoms with Gasteiger partial charge in [-0.1, -0.05) is 20.8 Å². The van der Waals surface area contributed by atoms with Crippen molar-refractivity contribution >= 4 is 10.2 Å². The van der Waals surface area contributed by atoms with Crippen LogP contribution < -0.4 is 4.72 Å². The zero-order chi connectivity index (χ0) is 13.3. The fourth-order valence-corrected chi connectivity index (χ4v) is 2.91. The van der Waals surface area contributed by atoms with Gasteiger partial charge in [0.1, 0.15) is 0 Å². The fourth-order valence-electron chi connectivity index (χ4n) is 1.50. The second kappa shape index (κ2) is 8.85. The predicted octanol–water partition coefficient (Wildman–Crippen LogP) is 1.10. The van der Waals surface area contributed by atoms with Gasteiger partial charge in [0.25, 0.3) is 10.2 Å². The highest BCUT2D eigenvalue weighted by Gasteiger charge is 2.19. The molecule has 6 heteroatoms. The normalized spacial score (nSPS) is 14.2. The lowest BCUT2D eigenvalue weighted by molar-refractivity contribution is 0.161. The molecule has 0 radical (unpaired) electrons. The van der Waals surface area contributed by atoms with E-state index >= 15 is 0 Å². The molecule has 17 heavy (non-hydrogen) atoms. The van der Waals surface area contributed by atoms with Crippen molar-refractivity contribution < 1.29 is 13.5 Å².